The normalized spacial score (nSPS) is 24.7. The molecule has 1 fully saturated rings. The van der Waals surface area contributed by atoms with Crippen molar-refractivity contribution in [3.63, 3.8) is 0 Å². The Kier molecular flexibility index (Phi) is 5.25. The second-order valence-corrected chi connectivity index (χ2v) is 8.09. The fraction of sp³-hybridized carbons (Fsp3) is 0.478. The van der Waals surface area contributed by atoms with Gasteiger partial charge in [-0.2, -0.15) is 0 Å². The number of nitrogens with one attached hydrogen (secondary N) is 1. The number of anilines is 1. The van der Waals surface area contributed by atoms with Crippen LogP contribution in [0.1, 0.15) is 56.8 Å². The van der Waals surface area contributed by atoms with Crippen LogP contribution in [-0.4, -0.2) is 22.4 Å². The molecule has 1 aliphatic carbocycles. The Morgan fingerprint density at radius 2 is 1.93 bits per heavy atom. The van der Waals surface area contributed by atoms with Crippen molar-refractivity contribution in [1.82, 2.24) is 9.88 Å². The maximum absolute atomic E-state index is 13.5. The lowest BCUT2D eigenvalue weighted by Crippen LogP contribution is -2.52. The summed E-state index contributed by atoms with van der Waals surface area (Å²) >= 11 is 0. The lowest BCUT2D eigenvalue weighted by molar-refractivity contribution is -0.129. The van der Waals surface area contributed by atoms with Gasteiger partial charge < -0.3 is 9.88 Å². The van der Waals surface area contributed by atoms with Crippen LogP contribution in [0.4, 0.5) is 5.69 Å². The predicted molar refractivity (Wildman–Crippen MR) is 110 cm³/mol. The molecule has 0 radical (unpaired) electrons. The van der Waals surface area contributed by atoms with E-state index in [1.807, 2.05) is 47.2 Å². The van der Waals surface area contributed by atoms with Crippen LogP contribution in [0, 0.1) is 5.92 Å². The number of carbonyl (C=O) groups excluding carboxylic acids is 2. The first-order valence-corrected chi connectivity index (χ1v) is 10.5. The maximum atomic E-state index is 13.5. The molecule has 4 rings (SSSR count). The van der Waals surface area contributed by atoms with Crippen LogP contribution in [0.25, 0.3) is 0 Å². The molecule has 2 heterocycles. The van der Waals surface area contributed by atoms with E-state index in [2.05, 4.69) is 19.2 Å². The second kappa shape index (κ2) is 7.82. The Morgan fingerprint density at radius 1 is 1.14 bits per heavy atom. The van der Waals surface area contributed by atoms with Crippen molar-refractivity contribution in [2.75, 3.05) is 4.90 Å². The van der Waals surface area contributed by atoms with Crippen molar-refractivity contribution in [3.8, 4) is 0 Å². The van der Waals surface area contributed by atoms with Crippen LogP contribution in [0.5, 0.6) is 0 Å². The van der Waals surface area contributed by atoms with Gasteiger partial charge in [0, 0.05) is 17.9 Å². The molecule has 1 aromatic carbocycles. The number of rotatable bonds is 4. The summed E-state index contributed by atoms with van der Waals surface area (Å²) in [6, 6.07) is 11.4. The minimum atomic E-state index is -0.627. The van der Waals surface area contributed by atoms with Gasteiger partial charge in [0.25, 0.3) is 0 Å². The van der Waals surface area contributed by atoms with E-state index < -0.39 is 6.04 Å². The Bertz CT molecular complexity index is 872. The van der Waals surface area contributed by atoms with Gasteiger partial charge in [-0.25, -0.2) is 0 Å². The minimum Gasteiger partial charge on any atom is -0.351 e. The van der Waals surface area contributed by atoms with Gasteiger partial charge in [-0.05, 0) is 48.9 Å². The first-order chi connectivity index (χ1) is 13.6. The van der Waals surface area contributed by atoms with Crippen LogP contribution in [-0.2, 0) is 22.6 Å². The minimum absolute atomic E-state index is 0.0403. The Morgan fingerprint density at radius 3 is 2.71 bits per heavy atom. The molecule has 0 bridgehead atoms. The second-order valence-electron chi connectivity index (χ2n) is 8.09. The molecule has 3 atom stereocenters. The van der Waals surface area contributed by atoms with E-state index in [1.54, 1.807) is 4.90 Å². The van der Waals surface area contributed by atoms with Crippen molar-refractivity contribution in [1.29, 1.82) is 0 Å². The van der Waals surface area contributed by atoms with Gasteiger partial charge in [0.05, 0.1) is 5.69 Å². The number of para-hydroxylation sites is 1. The number of benzene rings is 1. The molecule has 0 unspecified atom stereocenters. The molecule has 28 heavy (non-hydrogen) atoms. The van der Waals surface area contributed by atoms with Crippen LogP contribution < -0.4 is 10.2 Å². The summed E-state index contributed by atoms with van der Waals surface area (Å²) in [6.07, 6.45) is 7.24. The average molecular weight is 380 g/mol. The van der Waals surface area contributed by atoms with E-state index in [0.717, 1.165) is 42.6 Å². The zero-order valence-electron chi connectivity index (χ0n) is 16.7. The molecule has 1 aliphatic heterocycles. The number of carbonyl (C=O) groups is 2. The molecular formula is C23H29N3O2. The predicted octanol–water partition coefficient (Wildman–Crippen LogP) is 3.83. The van der Waals surface area contributed by atoms with E-state index >= 15 is 0 Å². The lowest BCUT2D eigenvalue weighted by atomic mass is 9.85. The lowest BCUT2D eigenvalue weighted by Gasteiger charge is -2.38. The number of aromatic nitrogens is 1. The molecule has 1 aromatic heterocycles. The zero-order chi connectivity index (χ0) is 19.7. The van der Waals surface area contributed by atoms with Gasteiger partial charge in [-0.15, -0.1) is 0 Å². The largest absolute Gasteiger partial charge is 0.351 e. The topological polar surface area (TPSA) is 54.3 Å². The standard InChI is InChI=1S/C23H29N3O2/c1-3-17-10-5-7-12-19(17)26-21(27)15-25-14-8-13-20(25)22(26)23(28)24-18-11-6-4-9-16(18)2/h5,7-8,10,12-14,16,18,22H,3-4,6,9,11,15H2,1-2H3,(H,24,28)/t16-,18-,22-/m1/s1. The smallest absolute Gasteiger partial charge is 0.249 e. The third kappa shape index (κ3) is 3.34. The van der Waals surface area contributed by atoms with Crippen LogP contribution in [0.3, 0.4) is 0 Å². The van der Waals surface area contributed by atoms with Gasteiger partial charge in [0.2, 0.25) is 11.8 Å². The van der Waals surface area contributed by atoms with E-state index in [1.165, 1.54) is 6.42 Å². The Balaban J connectivity index is 1.72. The number of nitrogens with zero attached hydrogens (tertiary/aromatic N) is 2. The van der Waals surface area contributed by atoms with Crippen molar-refractivity contribution in [2.24, 2.45) is 5.92 Å². The highest BCUT2D eigenvalue weighted by Crippen LogP contribution is 2.35. The van der Waals surface area contributed by atoms with Gasteiger partial charge in [0.15, 0.2) is 6.04 Å². The van der Waals surface area contributed by atoms with Crippen LogP contribution >= 0.6 is 0 Å². The van der Waals surface area contributed by atoms with Crippen molar-refractivity contribution < 1.29 is 9.59 Å². The van der Waals surface area contributed by atoms with Crippen LogP contribution in [0.2, 0.25) is 0 Å². The van der Waals surface area contributed by atoms with E-state index in [-0.39, 0.29) is 24.4 Å². The SMILES string of the molecule is CCc1ccccc1N1C(=O)Cn2cccc2[C@@H]1C(=O)N[C@@H]1CCCC[C@H]1C. The number of fused-ring (bicyclic) bond motifs is 1. The summed E-state index contributed by atoms with van der Waals surface area (Å²) in [6.45, 7) is 4.56. The number of aryl methyl sites for hydroxylation is 1. The summed E-state index contributed by atoms with van der Waals surface area (Å²) < 4.78 is 1.90. The van der Waals surface area contributed by atoms with Crippen LogP contribution in [0.15, 0.2) is 42.6 Å². The Labute approximate surface area is 166 Å². The summed E-state index contributed by atoms with van der Waals surface area (Å²) in [7, 11) is 0. The van der Waals surface area contributed by atoms with Gasteiger partial charge in [-0.3, -0.25) is 14.5 Å². The highest BCUT2D eigenvalue weighted by molar-refractivity contribution is 6.03. The first kappa shape index (κ1) is 18.8. The molecule has 1 N–H and O–H groups in total. The quantitative estimate of drug-likeness (QED) is 0.878. The average Bonchev–Trinajstić information content (AvgIpc) is 3.16. The van der Waals surface area contributed by atoms with E-state index in [9.17, 15) is 9.59 Å². The summed E-state index contributed by atoms with van der Waals surface area (Å²) in [5.41, 5.74) is 2.81. The fourth-order valence-electron chi connectivity index (χ4n) is 4.68. The highest BCUT2D eigenvalue weighted by atomic mass is 16.2. The molecule has 5 nitrogen and oxygen atoms in total. The third-order valence-corrected chi connectivity index (χ3v) is 6.30. The zero-order valence-corrected chi connectivity index (χ0v) is 16.7. The highest BCUT2D eigenvalue weighted by Gasteiger charge is 2.40. The first-order valence-electron chi connectivity index (χ1n) is 10.5. The molecule has 0 saturated heterocycles. The molecule has 2 aromatic rings. The molecule has 5 heteroatoms. The van der Waals surface area contributed by atoms with Gasteiger partial charge in [-0.1, -0.05) is 44.9 Å². The molecule has 1 saturated carbocycles. The number of amides is 2. The van der Waals surface area contributed by atoms with Crippen molar-refractivity contribution in [3.05, 3.63) is 53.9 Å². The number of hydrogen-bond acceptors (Lipinski definition) is 2. The summed E-state index contributed by atoms with van der Waals surface area (Å²) in [5.74, 6) is 0.360. The van der Waals surface area contributed by atoms with Gasteiger partial charge >= 0.3 is 0 Å². The maximum Gasteiger partial charge on any atom is 0.249 e. The summed E-state index contributed by atoms with van der Waals surface area (Å²) in [5, 5.41) is 3.28. The molecule has 0 spiro atoms. The van der Waals surface area contributed by atoms with Crippen molar-refractivity contribution >= 4 is 17.5 Å². The molecular weight excluding hydrogens is 350 g/mol. The fourth-order valence-corrected chi connectivity index (χ4v) is 4.68. The van der Waals surface area contributed by atoms with Gasteiger partial charge in [0.1, 0.15) is 6.54 Å². The van der Waals surface area contributed by atoms with E-state index in [0.29, 0.717) is 5.92 Å². The third-order valence-electron chi connectivity index (χ3n) is 6.30. The Hall–Kier alpha value is -2.56. The molecule has 2 amide bonds. The number of hydrogen-bond donors (Lipinski definition) is 1. The molecule has 148 valence electrons. The summed E-state index contributed by atoms with van der Waals surface area (Å²) in [4.78, 5) is 28.3. The van der Waals surface area contributed by atoms with E-state index in [4.69, 9.17) is 0 Å². The molecule has 2 aliphatic rings. The van der Waals surface area contributed by atoms with Crippen molar-refractivity contribution in [2.45, 2.75) is 64.6 Å². The monoisotopic (exact) mass is 379 g/mol.